The minimum absolute atomic E-state index is 0.0899. The molecule has 1 fully saturated rings. The molecule has 0 radical (unpaired) electrons. The molecule has 30 heavy (non-hydrogen) atoms. The van der Waals surface area contributed by atoms with E-state index in [2.05, 4.69) is 43.2 Å². The van der Waals surface area contributed by atoms with E-state index >= 15 is 0 Å². The zero-order chi connectivity index (χ0) is 21.5. The summed E-state index contributed by atoms with van der Waals surface area (Å²) in [5.41, 5.74) is 3.48. The van der Waals surface area contributed by atoms with Crippen LogP contribution < -0.4 is 10.2 Å². The number of piperazine rings is 1. The summed E-state index contributed by atoms with van der Waals surface area (Å²) in [4.78, 5) is 12.4. The highest BCUT2D eigenvalue weighted by Crippen LogP contribution is 2.29. The van der Waals surface area contributed by atoms with Crippen LogP contribution in [-0.4, -0.2) is 57.2 Å². The van der Waals surface area contributed by atoms with Gasteiger partial charge < -0.3 is 15.1 Å². The Balaban J connectivity index is 1.60. The molecule has 0 bridgehead atoms. The molecule has 10 heteroatoms. The second-order valence-corrected chi connectivity index (χ2v) is 7.47. The average Bonchev–Trinajstić information content (AvgIpc) is 3.14. The molecule has 2 aromatic heterocycles. The Bertz CT molecular complexity index is 1050. The maximum absolute atomic E-state index is 13.0. The second-order valence-electron chi connectivity index (χ2n) is 7.47. The number of aryl methyl sites for hydroxylation is 2. The number of likely N-dealkylation sites (N-methyl/N-ethyl adjacent to an activating group) is 1. The topological polar surface area (TPSA) is 61.6 Å². The van der Waals surface area contributed by atoms with E-state index in [1.54, 1.807) is 13.0 Å². The molecule has 160 valence electrons. The normalized spacial score (nSPS) is 15.7. The first-order valence-electron chi connectivity index (χ1n) is 9.91. The number of hydrogen-bond donors (Lipinski definition) is 1. The van der Waals surface area contributed by atoms with E-state index in [0.717, 1.165) is 54.2 Å². The van der Waals surface area contributed by atoms with Crippen LogP contribution in [0.4, 0.5) is 30.4 Å². The molecule has 1 aromatic carbocycles. The Morgan fingerprint density at radius 2 is 1.77 bits per heavy atom. The summed E-state index contributed by atoms with van der Waals surface area (Å²) in [5.74, 6) is -0.914. The summed E-state index contributed by atoms with van der Waals surface area (Å²) in [5, 5.41) is 6.79. The molecule has 1 saturated heterocycles. The third-order valence-electron chi connectivity index (χ3n) is 5.35. The van der Waals surface area contributed by atoms with Crippen molar-refractivity contribution in [3.05, 3.63) is 41.3 Å². The number of benzene rings is 1. The van der Waals surface area contributed by atoms with Gasteiger partial charge in [-0.1, -0.05) is 6.92 Å². The van der Waals surface area contributed by atoms with Crippen molar-refractivity contribution in [1.29, 1.82) is 0 Å². The maximum atomic E-state index is 13.0. The Kier molecular flexibility index (Phi) is 5.27. The fourth-order valence-electron chi connectivity index (χ4n) is 3.64. The Morgan fingerprint density at radius 3 is 2.40 bits per heavy atom. The van der Waals surface area contributed by atoms with Gasteiger partial charge in [-0.25, -0.2) is 4.98 Å². The van der Waals surface area contributed by atoms with Crippen molar-refractivity contribution in [2.45, 2.75) is 26.9 Å². The van der Waals surface area contributed by atoms with Gasteiger partial charge in [-0.2, -0.15) is 22.7 Å². The van der Waals surface area contributed by atoms with Gasteiger partial charge in [-0.05, 0) is 44.2 Å². The van der Waals surface area contributed by atoms with Crippen LogP contribution in [0.3, 0.4) is 0 Å². The van der Waals surface area contributed by atoms with Crippen LogP contribution in [0.1, 0.15) is 24.0 Å². The van der Waals surface area contributed by atoms with Crippen molar-refractivity contribution in [2.75, 3.05) is 42.9 Å². The fraction of sp³-hybridized carbons (Fsp3) is 0.450. The van der Waals surface area contributed by atoms with Crippen LogP contribution >= 0.6 is 0 Å². The third-order valence-corrected chi connectivity index (χ3v) is 5.35. The quantitative estimate of drug-likeness (QED) is 0.697. The molecule has 0 spiro atoms. The Morgan fingerprint density at radius 1 is 1.03 bits per heavy atom. The third kappa shape index (κ3) is 4.04. The van der Waals surface area contributed by atoms with Gasteiger partial charge in [0.25, 0.3) is 11.6 Å². The zero-order valence-corrected chi connectivity index (χ0v) is 17.2. The van der Waals surface area contributed by atoms with Gasteiger partial charge >= 0.3 is 6.18 Å². The number of nitrogens with one attached hydrogen (secondary N) is 1. The van der Waals surface area contributed by atoms with Gasteiger partial charge in [-0.15, -0.1) is 5.10 Å². The Hall–Kier alpha value is -2.88. The molecule has 3 heterocycles. The van der Waals surface area contributed by atoms with Crippen molar-refractivity contribution >= 4 is 23.0 Å². The van der Waals surface area contributed by atoms with Crippen LogP contribution in [0, 0.1) is 13.8 Å². The molecule has 0 atom stereocenters. The smallest absolute Gasteiger partial charge is 0.369 e. The van der Waals surface area contributed by atoms with Crippen molar-refractivity contribution in [3.63, 3.8) is 0 Å². The number of aromatic nitrogens is 4. The van der Waals surface area contributed by atoms with Gasteiger partial charge in [0.05, 0.1) is 0 Å². The van der Waals surface area contributed by atoms with E-state index < -0.39 is 12.0 Å². The molecule has 1 aliphatic rings. The van der Waals surface area contributed by atoms with Gasteiger partial charge in [0.1, 0.15) is 5.82 Å². The predicted octanol–water partition coefficient (Wildman–Crippen LogP) is 3.65. The maximum Gasteiger partial charge on any atom is 0.453 e. The minimum Gasteiger partial charge on any atom is -0.369 e. The lowest BCUT2D eigenvalue weighted by Crippen LogP contribution is -2.46. The number of fused-ring (bicyclic) bond motifs is 1. The van der Waals surface area contributed by atoms with Crippen molar-refractivity contribution in [1.82, 2.24) is 24.5 Å². The number of rotatable bonds is 4. The van der Waals surface area contributed by atoms with Gasteiger partial charge in [0, 0.05) is 49.3 Å². The first-order valence-corrected chi connectivity index (χ1v) is 9.91. The molecule has 0 unspecified atom stereocenters. The standard InChI is InChI=1S/C20H24F3N7/c1-4-28-7-9-29(10-8-28)15-5-6-16(13(2)11-15)25-17-12-14(3)24-19-26-18(20(21,22)23)27-30(17)19/h5-6,11-12,25H,4,7-10H2,1-3H3. The molecule has 3 aromatic rings. The Labute approximate surface area is 172 Å². The predicted molar refractivity (Wildman–Crippen MR) is 109 cm³/mol. The van der Waals surface area contributed by atoms with Crippen molar-refractivity contribution in [3.8, 4) is 0 Å². The molecular formula is C20H24F3N7. The van der Waals surface area contributed by atoms with E-state index in [1.165, 1.54) is 0 Å². The summed E-state index contributed by atoms with van der Waals surface area (Å²) >= 11 is 0. The highest BCUT2D eigenvalue weighted by Gasteiger charge is 2.36. The van der Waals surface area contributed by atoms with E-state index in [9.17, 15) is 13.2 Å². The second kappa shape index (κ2) is 7.75. The zero-order valence-electron chi connectivity index (χ0n) is 17.2. The molecule has 0 aliphatic carbocycles. The van der Waals surface area contributed by atoms with E-state index in [1.807, 2.05) is 19.1 Å². The number of nitrogens with zero attached hydrogens (tertiary/aromatic N) is 6. The first kappa shape index (κ1) is 20.4. The summed E-state index contributed by atoms with van der Waals surface area (Å²) in [6.07, 6.45) is -4.63. The number of alkyl halides is 3. The molecule has 1 aliphatic heterocycles. The lowest BCUT2D eigenvalue weighted by Gasteiger charge is -2.35. The monoisotopic (exact) mass is 419 g/mol. The molecule has 1 N–H and O–H groups in total. The van der Waals surface area contributed by atoms with Gasteiger partial charge in [-0.3, -0.25) is 0 Å². The van der Waals surface area contributed by atoms with Crippen LogP contribution in [0.25, 0.3) is 5.78 Å². The van der Waals surface area contributed by atoms with Crippen LogP contribution in [0.15, 0.2) is 24.3 Å². The number of hydrogen-bond acceptors (Lipinski definition) is 6. The largest absolute Gasteiger partial charge is 0.453 e. The van der Waals surface area contributed by atoms with Crippen molar-refractivity contribution in [2.24, 2.45) is 0 Å². The lowest BCUT2D eigenvalue weighted by molar-refractivity contribution is -0.144. The van der Waals surface area contributed by atoms with Crippen LogP contribution in [0.5, 0.6) is 0 Å². The van der Waals surface area contributed by atoms with E-state index in [-0.39, 0.29) is 5.78 Å². The van der Waals surface area contributed by atoms with Gasteiger partial charge in [0.2, 0.25) is 0 Å². The fourth-order valence-corrected chi connectivity index (χ4v) is 3.64. The molecule has 4 rings (SSSR count). The number of halogens is 3. The summed E-state index contributed by atoms with van der Waals surface area (Å²) in [7, 11) is 0. The molecule has 0 saturated carbocycles. The van der Waals surface area contributed by atoms with Crippen LogP contribution in [-0.2, 0) is 6.18 Å². The summed E-state index contributed by atoms with van der Waals surface area (Å²) in [6, 6.07) is 7.72. The minimum atomic E-state index is -4.63. The highest BCUT2D eigenvalue weighted by atomic mass is 19.4. The van der Waals surface area contributed by atoms with Crippen LogP contribution in [0.2, 0.25) is 0 Å². The average molecular weight is 419 g/mol. The molecular weight excluding hydrogens is 395 g/mol. The van der Waals surface area contributed by atoms with E-state index in [0.29, 0.717) is 11.5 Å². The SMILES string of the molecule is CCN1CCN(c2ccc(Nc3cc(C)nc4nc(C(F)(F)F)nn34)c(C)c2)CC1. The van der Waals surface area contributed by atoms with Gasteiger partial charge in [0.15, 0.2) is 0 Å². The summed E-state index contributed by atoms with van der Waals surface area (Å²) < 4.78 is 40.2. The number of anilines is 3. The highest BCUT2D eigenvalue weighted by molar-refractivity contribution is 5.66. The lowest BCUT2D eigenvalue weighted by atomic mass is 10.1. The van der Waals surface area contributed by atoms with Crippen molar-refractivity contribution < 1.29 is 13.2 Å². The molecule has 7 nitrogen and oxygen atoms in total. The summed E-state index contributed by atoms with van der Waals surface area (Å²) in [6.45, 7) is 10.9. The van der Waals surface area contributed by atoms with E-state index in [4.69, 9.17) is 0 Å². The molecule has 0 amide bonds. The first-order chi connectivity index (χ1) is 14.2.